The summed E-state index contributed by atoms with van der Waals surface area (Å²) in [4.78, 5) is 28.8. The number of nitrogens with zero attached hydrogens (tertiary/aromatic N) is 2. The van der Waals surface area contributed by atoms with Crippen LogP contribution in [-0.2, 0) is 4.79 Å². The van der Waals surface area contributed by atoms with Crippen LogP contribution in [0.4, 0.5) is 4.79 Å². The molecule has 29 heavy (non-hydrogen) atoms. The number of hydrogen-bond donors (Lipinski definition) is 2. The maximum atomic E-state index is 12.7. The van der Waals surface area contributed by atoms with Gasteiger partial charge in [0.25, 0.3) is 14.1 Å². The van der Waals surface area contributed by atoms with Crippen LogP contribution in [0.1, 0.15) is 53.1 Å². The Bertz CT molecular complexity index is 837. The molecule has 0 bridgehead atoms. The maximum absolute atomic E-state index is 12.7. The molecule has 0 aliphatic heterocycles. The first-order valence-corrected chi connectivity index (χ1v) is 13.0. The van der Waals surface area contributed by atoms with Crippen LogP contribution < -0.4 is 4.43 Å². The van der Waals surface area contributed by atoms with Crippen molar-refractivity contribution in [2.24, 2.45) is 0 Å². The number of amides is 1. The van der Waals surface area contributed by atoms with Gasteiger partial charge in [0.2, 0.25) is 0 Å². The standard InChI is InChI=1S/C20H30BrN3O4Si/c1-19(2,3)24(18(26)27)17(15(25)12-23-22)13-9-10-16(14(21)11-13)28-29(7,8)20(4,5)6/h9-12,17,22H,1-8H3/p+1. The number of carboxylic acid groups (broad SMARTS) is 1. The Morgan fingerprint density at radius 3 is 2.17 bits per heavy atom. The molecule has 0 radical (unpaired) electrons. The van der Waals surface area contributed by atoms with Gasteiger partial charge in [-0.15, -0.1) is 0 Å². The number of carbonyl (C=O) groups is 2. The molecule has 0 saturated heterocycles. The summed E-state index contributed by atoms with van der Waals surface area (Å²) in [5, 5.41) is 9.79. The number of halogens is 1. The largest absolute Gasteiger partial charge is 0.543 e. The first-order chi connectivity index (χ1) is 13.0. The second-order valence-corrected chi connectivity index (χ2v) is 15.0. The van der Waals surface area contributed by atoms with Gasteiger partial charge in [-0.25, -0.2) is 4.79 Å². The van der Waals surface area contributed by atoms with Crippen molar-refractivity contribution in [3.63, 3.8) is 0 Å². The summed E-state index contributed by atoms with van der Waals surface area (Å²) in [6, 6.07) is 4.01. The molecular weight excluding hydrogens is 454 g/mol. The molecule has 1 atom stereocenters. The normalized spacial score (nSPS) is 13.3. The number of nitrogens with one attached hydrogen (secondary N) is 1. The molecule has 0 aliphatic carbocycles. The summed E-state index contributed by atoms with van der Waals surface area (Å²) < 4.78 is 6.97. The number of Topliss-reactive ketones (excluding diaryl/α,β-unsaturated/α-hetero) is 1. The SMILES string of the molecule is CC(C)(C)N(C(=O)O)C(C(=O)C=[N+]=N)c1ccc(O[Si](C)(C)C(C)(C)C)c(Br)c1. The van der Waals surface area contributed by atoms with E-state index >= 15 is 0 Å². The molecular formula is C20H31BrN3O4Si+. The summed E-state index contributed by atoms with van der Waals surface area (Å²) in [5.74, 6) is 0.0700. The average Bonchev–Trinajstić information content (AvgIpc) is 2.51. The molecule has 2 N–H and O–H groups in total. The second kappa shape index (κ2) is 8.81. The highest BCUT2D eigenvalue weighted by molar-refractivity contribution is 9.10. The highest BCUT2D eigenvalue weighted by Crippen LogP contribution is 2.40. The molecule has 0 spiro atoms. The van der Waals surface area contributed by atoms with Crippen LogP contribution in [0.5, 0.6) is 5.75 Å². The summed E-state index contributed by atoms with van der Waals surface area (Å²) in [6.07, 6.45) is -0.396. The van der Waals surface area contributed by atoms with Gasteiger partial charge in [0.1, 0.15) is 11.8 Å². The lowest BCUT2D eigenvalue weighted by Gasteiger charge is -2.38. The van der Waals surface area contributed by atoms with Crippen molar-refractivity contribution in [3.05, 3.63) is 28.2 Å². The molecule has 1 unspecified atom stereocenters. The molecule has 0 heterocycles. The summed E-state index contributed by atoms with van der Waals surface area (Å²) in [6.45, 7) is 15.8. The fourth-order valence-electron chi connectivity index (χ4n) is 2.56. The Hall–Kier alpha value is -1.96. The third kappa shape index (κ3) is 6.01. The number of rotatable bonds is 6. The van der Waals surface area contributed by atoms with Gasteiger partial charge in [-0.3, -0.25) is 9.69 Å². The topological polar surface area (TPSA) is 105 Å². The van der Waals surface area contributed by atoms with Crippen LogP contribution in [0.3, 0.4) is 0 Å². The van der Waals surface area contributed by atoms with E-state index in [1.54, 1.807) is 39.0 Å². The monoisotopic (exact) mass is 484 g/mol. The van der Waals surface area contributed by atoms with Crippen LogP contribution in [0.25, 0.3) is 0 Å². The second-order valence-electron chi connectivity index (χ2n) is 9.44. The lowest BCUT2D eigenvalue weighted by Crippen LogP contribution is -2.49. The summed E-state index contributed by atoms with van der Waals surface area (Å²) in [7, 11) is -2.07. The molecule has 1 aromatic rings. The maximum Gasteiger partial charge on any atom is 0.408 e. The van der Waals surface area contributed by atoms with E-state index < -0.39 is 31.8 Å². The Morgan fingerprint density at radius 1 is 1.24 bits per heavy atom. The van der Waals surface area contributed by atoms with Crippen LogP contribution >= 0.6 is 15.9 Å². The van der Waals surface area contributed by atoms with Crippen molar-refractivity contribution in [1.29, 1.82) is 5.53 Å². The van der Waals surface area contributed by atoms with E-state index in [1.165, 1.54) is 0 Å². The average molecular weight is 485 g/mol. The fraction of sp³-hybridized carbons (Fsp3) is 0.550. The van der Waals surface area contributed by atoms with Gasteiger partial charge in [-0.05, 0) is 72.5 Å². The van der Waals surface area contributed by atoms with E-state index in [9.17, 15) is 14.7 Å². The number of ketones is 1. The predicted octanol–water partition coefficient (Wildman–Crippen LogP) is 5.53. The highest BCUT2D eigenvalue weighted by atomic mass is 79.9. The first kappa shape index (κ1) is 25.1. The Balaban J connectivity index is 3.49. The van der Waals surface area contributed by atoms with Crippen LogP contribution in [0, 0.1) is 5.53 Å². The van der Waals surface area contributed by atoms with Crippen molar-refractivity contribution in [2.45, 2.75) is 71.3 Å². The Labute approximate surface area is 181 Å². The first-order valence-electron chi connectivity index (χ1n) is 9.27. The molecule has 1 amide bonds. The minimum atomic E-state index is -2.07. The zero-order chi connectivity index (χ0) is 22.8. The van der Waals surface area contributed by atoms with Gasteiger partial charge < -0.3 is 9.53 Å². The fourth-order valence-corrected chi connectivity index (χ4v) is 4.22. The smallest absolute Gasteiger partial charge is 0.408 e. The minimum absolute atomic E-state index is 0.0144. The molecule has 0 saturated carbocycles. The number of carbonyl (C=O) groups excluding carboxylic acids is 1. The number of hydrogen-bond acceptors (Lipinski definition) is 4. The quantitative estimate of drug-likeness (QED) is 0.239. The molecule has 7 nitrogen and oxygen atoms in total. The van der Waals surface area contributed by atoms with Gasteiger partial charge in [-0.2, -0.15) is 0 Å². The summed E-state index contributed by atoms with van der Waals surface area (Å²) >= 11 is 3.51. The molecule has 160 valence electrons. The zero-order valence-corrected chi connectivity index (χ0v) is 20.9. The molecule has 0 aliphatic rings. The van der Waals surface area contributed by atoms with Crippen LogP contribution in [-0.4, -0.2) is 46.7 Å². The van der Waals surface area contributed by atoms with Gasteiger partial charge in [0.05, 0.1) is 14.8 Å². The van der Waals surface area contributed by atoms with E-state index in [2.05, 4.69) is 54.6 Å². The van der Waals surface area contributed by atoms with E-state index in [1.807, 2.05) is 0 Å². The third-order valence-corrected chi connectivity index (χ3v) is 10.1. The Morgan fingerprint density at radius 2 is 1.79 bits per heavy atom. The third-order valence-electron chi connectivity index (χ3n) is 5.09. The molecule has 0 aromatic heterocycles. The van der Waals surface area contributed by atoms with Gasteiger partial charge in [0, 0.05) is 5.54 Å². The zero-order valence-electron chi connectivity index (χ0n) is 18.3. The molecule has 0 fully saturated rings. The van der Waals surface area contributed by atoms with Crippen LogP contribution in [0.15, 0.2) is 22.7 Å². The van der Waals surface area contributed by atoms with E-state index in [-0.39, 0.29) is 5.04 Å². The van der Waals surface area contributed by atoms with Gasteiger partial charge in [0.15, 0.2) is 0 Å². The van der Waals surface area contributed by atoms with Crippen molar-refractivity contribution in [3.8, 4) is 5.75 Å². The predicted molar refractivity (Wildman–Crippen MR) is 118 cm³/mol. The highest BCUT2D eigenvalue weighted by Gasteiger charge is 2.41. The van der Waals surface area contributed by atoms with Crippen molar-refractivity contribution in [2.75, 3.05) is 0 Å². The van der Waals surface area contributed by atoms with Gasteiger partial charge >= 0.3 is 12.3 Å². The molecule has 9 heteroatoms. The van der Waals surface area contributed by atoms with Gasteiger partial charge in [-0.1, -0.05) is 26.8 Å². The van der Waals surface area contributed by atoms with E-state index in [0.717, 1.165) is 11.1 Å². The lowest BCUT2D eigenvalue weighted by molar-refractivity contribution is -0.135. The van der Waals surface area contributed by atoms with Crippen LogP contribution in [0.2, 0.25) is 18.1 Å². The summed E-state index contributed by atoms with van der Waals surface area (Å²) in [5.41, 5.74) is 6.62. The number of benzene rings is 1. The molecule has 1 aromatic carbocycles. The minimum Gasteiger partial charge on any atom is -0.543 e. The van der Waals surface area contributed by atoms with E-state index in [4.69, 9.17) is 9.96 Å². The van der Waals surface area contributed by atoms with Crippen molar-refractivity contribution >= 4 is 42.3 Å². The van der Waals surface area contributed by atoms with Crippen molar-refractivity contribution < 1.29 is 23.9 Å². The van der Waals surface area contributed by atoms with Crippen molar-refractivity contribution in [1.82, 2.24) is 4.90 Å². The Kier molecular flexibility index (Phi) is 7.62. The molecule has 1 rings (SSSR count). The lowest BCUT2D eigenvalue weighted by atomic mass is 9.95. The van der Waals surface area contributed by atoms with E-state index in [0.29, 0.717) is 15.8 Å².